The maximum Gasteiger partial charge on any atom is 0.287 e. The molecule has 0 aliphatic heterocycles. The first-order chi connectivity index (χ1) is 9.67. The number of carbonyl (C=O) groups is 1. The van der Waals surface area contributed by atoms with E-state index in [1.165, 1.54) is 0 Å². The van der Waals surface area contributed by atoms with Crippen LogP contribution in [0.2, 0.25) is 0 Å². The molecule has 2 aromatic heterocycles. The Morgan fingerprint density at radius 2 is 2.18 bits per heavy atom. The van der Waals surface area contributed by atoms with Crippen molar-refractivity contribution in [3.8, 4) is 0 Å². The number of halogens is 2. The first kappa shape index (κ1) is 18.7. The highest BCUT2D eigenvalue weighted by Gasteiger charge is 2.28. The summed E-state index contributed by atoms with van der Waals surface area (Å²) in [5.41, 5.74) is 8.00. The lowest BCUT2D eigenvalue weighted by molar-refractivity contribution is 0.0903. The summed E-state index contributed by atoms with van der Waals surface area (Å²) in [7, 11) is 0. The van der Waals surface area contributed by atoms with E-state index in [1.54, 1.807) is 6.07 Å². The molecule has 3 N–H and O–H groups in total. The monoisotopic (exact) mass is 345 g/mol. The second-order valence-electron chi connectivity index (χ2n) is 5.45. The maximum atomic E-state index is 12.2. The van der Waals surface area contributed by atoms with Crippen molar-refractivity contribution in [2.24, 2.45) is 11.7 Å². The van der Waals surface area contributed by atoms with E-state index in [-0.39, 0.29) is 36.8 Å². The highest BCUT2D eigenvalue weighted by molar-refractivity contribution is 5.95. The number of amides is 1. The summed E-state index contributed by atoms with van der Waals surface area (Å²) in [4.78, 5) is 16.6. The molecule has 0 spiro atoms. The molecule has 1 fully saturated rings. The number of hydrogen-bond donors (Lipinski definition) is 2. The normalized spacial score (nSPS) is 20.3. The molecule has 22 heavy (non-hydrogen) atoms. The maximum absolute atomic E-state index is 12.2. The Labute approximate surface area is 141 Å². The van der Waals surface area contributed by atoms with Crippen molar-refractivity contribution in [3.05, 3.63) is 29.7 Å². The third-order valence-corrected chi connectivity index (χ3v) is 4.02. The van der Waals surface area contributed by atoms with E-state index in [4.69, 9.17) is 10.2 Å². The lowest BCUT2D eigenvalue weighted by atomic mass is 10.0. The molecular formula is C15H21Cl2N3O2. The molecule has 3 rings (SSSR count). The first-order valence-corrected chi connectivity index (χ1v) is 7.05. The van der Waals surface area contributed by atoms with Gasteiger partial charge in [0.05, 0.1) is 0 Å². The van der Waals surface area contributed by atoms with Gasteiger partial charge in [0.2, 0.25) is 0 Å². The van der Waals surface area contributed by atoms with Crippen molar-refractivity contribution in [1.82, 2.24) is 10.3 Å². The highest BCUT2D eigenvalue weighted by atomic mass is 35.5. The third-order valence-electron chi connectivity index (χ3n) is 4.02. The van der Waals surface area contributed by atoms with Gasteiger partial charge >= 0.3 is 0 Å². The largest absolute Gasteiger partial charge is 0.449 e. The van der Waals surface area contributed by atoms with Crippen LogP contribution < -0.4 is 11.1 Å². The van der Waals surface area contributed by atoms with Crippen molar-refractivity contribution in [2.45, 2.75) is 32.2 Å². The fraction of sp³-hybridized carbons (Fsp3) is 0.467. The second-order valence-corrected chi connectivity index (χ2v) is 5.45. The number of rotatable bonds is 3. The number of nitrogens with two attached hydrogens (primary N) is 1. The summed E-state index contributed by atoms with van der Waals surface area (Å²) >= 11 is 0. The van der Waals surface area contributed by atoms with Gasteiger partial charge in [-0.1, -0.05) is 6.42 Å². The number of aromatic nitrogens is 1. The smallest absolute Gasteiger partial charge is 0.287 e. The number of pyridine rings is 1. The van der Waals surface area contributed by atoms with E-state index in [9.17, 15) is 4.79 Å². The molecule has 1 saturated carbocycles. The Balaban J connectivity index is 0.00000121. The fourth-order valence-corrected chi connectivity index (χ4v) is 2.89. The summed E-state index contributed by atoms with van der Waals surface area (Å²) in [6.45, 7) is 2.53. The number of furan rings is 1. The van der Waals surface area contributed by atoms with E-state index >= 15 is 0 Å². The summed E-state index contributed by atoms with van der Waals surface area (Å²) < 4.78 is 5.56. The van der Waals surface area contributed by atoms with E-state index < -0.39 is 0 Å². The van der Waals surface area contributed by atoms with Gasteiger partial charge in [0.25, 0.3) is 5.91 Å². The number of nitrogens with zero attached hydrogens (tertiary/aromatic N) is 1. The van der Waals surface area contributed by atoms with E-state index in [2.05, 4.69) is 10.3 Å². The van der Waals surface area contributed by atoms with E-state index in [0.717, 1.165) is 30.5 Å². The van der Waals surface area contributed by atoms with Crippen LogP contribution in [0.3, 0.4) is 0 Å². The van der Waals surface area contributed by atoms with Crippen LogP contribution in [0.25, 0.3) is 11.1 Å². The summed E-state index contributed by atoms with van der Waals surface area (Å²) in [6, 6.07) is 5.57. The van der Waals surface area contributed by atoms with Crippen molar-refractivity contribution in [3.63, 3.8) is 0 Å². The van der Waals surface area contributed by atoms with Crippen LogP contribution in [0.1, 0.15) is 35.5 Å². The van der Waals surface area contributed by atoms with Crippen molar-refractivity contribution in [1.29, 1.82) is 0 Å². The zero-order valence-corrected chi connectivity index (χ0v) is 14.0. The van der Waals surface area contributed by atoms with Crippen LogP contribution in [-0.2, 0) is 0 Å². The first-order valence-electron chi connectivity index (χ1n) is 7.05. The molecule has 122 valence electrons. The minimum atomic E-state index is -0.175. The lowest BCUT2D eigenvalue weighted by Gasteiger charge is -2.18. The Morgan fingerprint density at radius 3 is 2.91 bits per heavy atom. The van der Waals surface area contributed by atoms with Crippen LogP contribution in [0, 0.1) is 12.8 Å². The van der Waals surface area contributed by atoms with Gasteiger partial charge in [-0.25, -0.2) is 4.98 Å². The van der Waals surface area contributed by atoms with Gasteiger partial charge in [0, 0.05) is 17.8 Å². The summed E-state index contributed by atoms with van der Waals surface area (Å²) in [5, 5.41) is 3.03. The topological polar surface area (TPSA) is 81.2 Å². The van der Waals surface area contributed by atoms with Crippen molar-refractivity contribution < 1.29 is 9.21 Å². The molecule has 2 unspecified atom stereocenters. The van der Waals surface area contributed by atoms with E-state index in [0.29, 0.717) is 23.8 Å². The number of nitrogens with one attached hydrogen (secondary N) is 1. The van der Waals surface area contributed by atoms with Crippen LogP contribution in [-0.4, -0.2) is 23.5 Å². The van der Waals surface area contributed by atoms with Crippen LogP contribution >= 0.6 is 24.8 Å². The predicted molar refractivity (Wildman–Crippen MR) is 90.9 cm³/mol. The van der Waals surface area contributed by atoms with Crippen molar-refractivity contribution >= 4 is 41.8 Å². The number of fused-ring (bicyclic) bond motifs is 1. The standard InChI is InChI=1S/C15H19N3O2.2ClH/c1-9-5-6-13-12(17-9)7-14(20-13)15(19)18-11-4-2-3-10(11)8-16;;/h5-7,10-11H,2-4,8,16H2,1H3,(H,18,19);2*1H. The zero-order chi connectivity index (χ0) is 14.1. The molecule has 0 saturated heterocycles. The minimum Gasteiger partial charge on any atom is -0.449 e. The van der Waals surface area contributed by atoms with Gasteiger partial charge in [-0.3, -0.25) is 4.79 Å². The van der Waals surface area contributed by atoms with Crippen LogP contribution in [0.5, 0.6) is 0 Å². The molecule has 7 heteroatoms. The van der Waals surface area contributed by atoms with Crippen molar-refractivity contribution in [2.75, 3.05) is 6.54 Å². The highest BCUT2D eigenvalue weighted by Crippen LogP contribution is 2.25. The summed E-state index contributed by atoms with van der Waals surface area (Å²) in [5.74, 6) is 0.524. The van der Waals surface area contributed by atoms with Gasteiger partial charge in [-0.05, 0) is 44.4 Å². The SMILES string of the molecule is Cc1ccc2oc(C(=O)NC3CCCC3CN)cc2n1.Cl.Cl. The Hall–Kier alpha value is -1.30. The average Bonchev–Trinajstić information content (AvgIpc) is 3.04. The van der Waals surface area contributed by atoms with Crippen LogP contribution in [0.15, 0.2) is 22.6 Å². The molecule has 0 bridgehead atoms. The number of carbonyl (C=O) groups excluding carboxylic acids is 1. The molecule has 2 aromatic rings. The quantitative estimate of drug-likeness (QED) is 0.895. The minimum absolute atomic E-state index is 0. The van der Waals surface area contributed by atoms with Gasteiger partial charge in [-0.2, -0.15) is 0 Å². The molecular weight excluding hydrogens is 325 g/mol. The Bertz CT molecular complexity index is 645. The molecule has 2 heterocycles. The lowest BCUT2D eigenvalue weighted by Crippen LogP contribution is -2.39. The van der Waals surface area contributed by atoms with Gasteiger partial charge in [0.15, 0.2) is 11.3 Å². The second kappa shape index (κ2) is 7.81. The summed E-state index contributed by atoms with van der Waals surface area (Å²) in [6.07, 6.45) is 3.20. The third kappa shape index (κ3) is 3.72. The average molecular weight is 346 g/mol. The number of hydrogen-bond acceptors (Lipinski definition) is 4. The fourth-order valence-electron chi connectivity index (χ4n) is 2.89. The van der Waals surface area contributed by atoms with Crippen LogP contribution in [0.4, 0.5) is 0 Å². The van der Waals surface area contributed by atoms with Gasteiger partial charge in [-0.15, -0.1) is 24.8 Å². The molecule has 1 aliphatic rings. The Kier molecular flexibility index (Phi) is 6.66. The molecule has 1 amide bonds. The van der Waals surface area contributed by atoms with Gasteiger partial charge in [0.1, 0.15) is 5.52 Å². The number of aryl methyl sites for hydroxylation is 1. The molecule has 1 aliphatic carbocycles. The van der Waals surface area contributed by atoms with E-state index in [1.807, 2.05) is 19.1 Å². The molecule has 0 aromatic carbocycles. The van der Waals surface area contributed by atoms with Gasteiger partial charge < -0.3 is 15.5 Å². The molecule has 2 atom stereocenters. The zero-order valence-electron chi connectivity index (χ0n) is 12.4. The molecule has 0 radical (unpaired) electrons. The molecule has 5 nitrogen and oxygen atoms in total. The predicted octanol–water partition coefficient (Wildman–Crippen LogP) is 2.84. The Morgan fingerprint density at radius 1 is 1.41 bits per heavy atom.